The van der Waals surface area contributed by atoms with E-state index in [0.717, 1.165) is 17.7 Å². The Morgan fingerprint density at radius 2 is 2.30 bits per heavy atom. The van der Waals surface area contributed by atoms with E-state index < -0.39 is 10.0 Å². The summed E-state index contributed by atoms with van der Waals surface area (Å²) in [6.45, 7) is 0.405. The molecule has 3 rings (SSSR count). The van der Waals surface area contributed by atoms with Gasteiger partial charge < -0.3 is 0 Å². The quantitative estimate of drug-likeness (QED) is 0.799. The Morgan fingerprint density at radius 1 is 1.55 bits per heavy atom. The molecule has 1 saturated carbocycles. The average Bonchev–Trinajstić information content (AvgIpc) is 2.97. The molecule has 0 amide bonds. The van der Waals surface area contributed by atoms with Crippen LogP contribution in [0.5, 0.6) is 0 Å². The largest absolute Gasteiger partial charge is 0.263 e. The summed E-state index contributed by atoms with van der Waals surface area (Å²) in [5.41, 5.74) is 0. The zero-order valence-electron chi connectivity index (χ0n) is 10.7. The number of nitrogens with zero attached hydrogens (tertiary/aromatic N) is 4. The standard InChI is InChI=1S/C11H13BrN4O2S2/c1-15-11(10(12)13-14-15)20(17,18)16(8-4-5-8)7-9-3-2-6-19-9/h2-3,6,8H,4-5,7H2,1H3. The van der Waals surface area contributed by atoms with Crippen molar-refractivity contribution in [2.24, 2.45) is 7.05 Å². The first-order chi connectivity index (χ1) is 9.50. The molecule has 0 aliphatic heterocycles. The maximum absolute atomic E-state index is 12.8. The van der Waals surface area contributed by atoms with Gasteiger partial charge in [0.25, 0.3) is 10.0 Å². The Labute approximate surface area is 129 Å². The zero-order valence-corrected chi connectivity index (χ0v) is 13.9. The van der Waals surface area contributed by atoms with Crippen LogP contribution in [0.1, 0.15) is 17.7 Å². The molecule has 20 heavy (non-hydrogen) atoms. The Balaban J connectivity index is 1.98. The Kier molecular flexibility index (Phi) is 3.69. The second-order valence-corrected chi connectivity index (χ2v) is 8.26. The van der Waals surface area contributed by atoms with E-state index in [1.807, 2.05) is 17.5 Å². The van der Waals surface area contributed by atoms with Gasteiger partial charge in [0.2, 0.25) is 5.03 Å². The van der Waals surface area contributed by atoms with Crippen LogP contribution in [0.15, 0.2) is 27.1 Å². The monoisotopic (exact) mass is 376 g/mol. The molecule has 1 aliphatic rings. The third kappa shape index (κ3) is 2.54. The molecule has 108 valence electrons. The van der Waals surface area contributed by atoms with Gasteiger partial charge in [-0.15, -0.1) is 16.4 Å². The van der Waals surface area contributed by atoms with Gasteiger partial charge >= 0.3 is 0 Å². The molecule has 0 atom stereocenters. The second kappa shape index (κ2) is 5.21. The number of hydrogen-bond acceptors (Lipinski definition) is 5. The van der Waals surface area contributed by atoms with E-state index in [1.165, 1.54) is 4.68 Å². The van der Waals surface area contributed by atoms with Crippen LogP contribution in [-0.2, 0) is 23.6 Å². The van der Waals surface area contributed by atoms with Gasteiger partial charge in [-0.3, -0.25) is 0 Å². The molecular weight excluding hydrogens is 364 g/mol. The number of aryl methyl sites for hydroxylation is 1. The maximum atomic E-state index is 12.8. The van der Waals surface area contributed by atoms with Crippen molar-refractivity contribution in [2.75, 3.05) is 0 Å². The Morgan fingerprint density at radius 3 is 2.80 bits per heavy atom. The normalized spacial score (nSPS) is 15.9. The van der Waals surface area contributed by atoms with Crippen LogP contribution in [0, 0.1) is 0 Å². The van der Waals surface area contributed by atoms with Crippen LogP contribution in [-0.4, -0.2) is 33.8 Å². The summed E-state index contributed by atoms with van der Waals surface area (Å²) >= 11 is 4.73. The number of thiophene rings is 1. The van der Waals surface area contributed by atoms with E-state index in [9.17, 15) is 8.42 Å². The van der Waals surface area contributed by atoms with Gasteiger partial charge in [-0.25, -0.2) is 13.1 Å². The first-order valence-electron chi connectivity index (χ1n) is 6.09. The van der Waals surface area contributed by atoms with Crippen molar-refractivity contribution < 1.29 is 8.42 Å². The Bertz CT molecular complexity index is 687. The van der Waals surface area contributed by atoms with Gasteiger partial charge in [-0.05, 0) is 40.2 Å². The highest BCUT2D eigenvalue weighted by Gasteiger charge is 2.40. The predicted octanol–water partition coefficient (Wildman–Crippen LogP) is 1.99. The lowest BCUT2D eigenvalue weighted by Gasteiger charge is -2.21. The minimum absolute atomic E-state index is 0.0869. The summed E-state index contributed by atoms with van der Waals surface area (Å²) in [6, 6.07) is 3.97. The first kappa shape index (κ1) is 14.2. The van der Waals surface area contributed by atoms with Crippen molar-refractivity contribution >= 4 is 37.3 Å². The van der Waals surface area contributed by atoms with E-state index >= 15 is 0 Å². The van der Waals surface area contributed by atoms with Crippen LogP contribution < -0.4 is 0 Å². The molecule has 0 aromatic carbocycles. The Hall–Kier alpha value is -0.770. The lowest BCUT2D eigenvalue weighted by Crippen LogP contribution is -2.33. The van der Waals surface area contributed by atoms with E-state index in [4.69, 9.17) is 0 Å². The van der Waals surface area contributed by atoms with E-state index in [-0.39, 0.29) is 15.7 Å². The summed E-state index contributed by atoms with van der Waals surface area (Å²) < 4.78 is 28.8. The molecule has 6 nitrogen and oxygen atoms in total. The topological polar surface area (TPSA) is 68.1 Å². The van der Waals surface area contributed by atoms with Gasteiger partial charge in [0.1, 0.15) is 0 Å². The molecule has 0 spiro atoms. The van der Waals surface area contributed by atoms with E-state index in [2.05, 4.69) is 26.2 Å². The molecule has 0 saturated heterocycles. The minimum atomic E-state index is -3.60. The number of halogens is 1. The highest BCUT2D eigenvalue weighted by Crippen LogP contribution is 2.35. The summed E-state index contributed by atoms with van der Waals surface area (Å²) in [4.78, 5) is 1.03. The van der Waals surface area contributed by atoms with Crippen molar-refractivity contribution in [3.8, 4) is 0 Å². The SMILES string of the molecule is Cn1nnc(Br)c1S(=O)(=O)N(Cc1cccs1)C1CC1. The van der Waals surface area contributed by atoms with E-state index in [0.29, 0.717) is 6.54 Å². The van der Waals surface area contributed by atoms with Crippen LogP contribution in [0.3, 0.4) is 0 Å². The fourth-order valence-electron chi connectivity index (χ4n) is 2.04. The highest BCUT2D eigenvalue weighted by molar-refractivity contribution is 9.10. The molecule has 0 bridgehead atoms. The van der Waals surface area contributed by atoms with Crippen LogP contribution in [0.4, 0.5) is 0 Å². The maximum Gasteiger partial charge on any atom is 0.263 e. The van der Waals surface area contributed by atoms with Gasteiger partial charge in [-0.2, -0.15) is 4.31 Å². The third-order valence-corrected chi connectivity index (χ3v) is 6.78. The molecule has 0 N–H and O–H groups in total. The molecule has 2 aromatic rings. The molecule has 2 heterocycles. The van der Waals surface area contributed by atoms with Gasteiger partial charge in [0.05, 0.1) is 0 Å². The molecular formula is C11H13BrN4O2S2. The van der Waals surface area contributed by atoms with Crippen molar-refractivity contribution in [2.45, 2.75) is 30.5 Å². The summed E-state index contributed by atoms with van der Waals surface area (Å²) in [5, 5.41) is 9.59. The molecule has 1 aliphatic carbocycles. The van der Waals surface area contributed by atoms with Gasteiger partial charge in [0, 0.05) is 24.5 Å². The van der Waals surface area contributed by atoms with Crippen LogP contribution in [0.2, 0.25) is 0 Å². The van der Waals surface area contributed by atoms with Gasteiger partial charge in [0.15, 0.2) is 4.60 Å². The molecule has 0 radical (unpaired) electrons. The molecule has 0 unspecified atom stereocenters. The highest BCUT2D eigenvalue weighted by atomic mass is 79.9. The van der Waals surface area contributed by atoms with Crippen LogP contribution >= 0.6 is 27.3 Å². The average molecular weight is 377 g/mol. The van der Waals surface area contributed by atoms with Gasteiger partial charge in [-0.1, -0.05) is 11.3 Å². The summed E-state index contributed by atoms with van der Waals surface area (Å²) in [5.74, 6) is 0. The molecule has 1 fully saturated rings. The number of sulfonamides is 1. The lowest BCUT2D eigenvalue weighted by atomic mass is 10.4. The zero-order chi connectivity index (χ0) is 14.3. The van der Waals surface area contributed by atoms with Crippen LogP contribution in [0.25, 0.3) is 0 Å². The van der Waals surface area contributed by atoms with Crippen molar-refractivity contribution in [1.29, 1.82) is 0 Å². The first-order valence-corrected chi connectivity index (χ1v) is 9.21. The second-order valence-electron chi connectivity index (χ2n) is 4.67. The smallest absolute Gasteiger partial charge is 0.235 e. The van der Waals surface area contributed by atoms with E-state index in [1.54, 1.807) is 22.7 Å². The third-order valence-electron chi connectivity index (χ3n) is 3.14. The van der Waals surface area contributed by atoms with Crippen molar-refractivity contribution in [3.05, 3.63) is 27.0 Å². The van der Waals surface area contributed by atoms with Crippen molar-refractivity contribution in [1.82, 2.24) is 19.3 Å². The fraction of sp³-hybridized carbons (Fsp3) is 0.455. The summed E-state index contributed by atoms with van der Waals surface area (Å²) in [7, 11) is -2.02. The lowest BCUT2D eigenvalue weighted by molar-refractivity contribution is 0.395. The predicted molar refractivity (Wildman–Crippen MR) is 78.8 cm³/mol. The van der Waals surface area contributed by atoms with Crippen molar-refractivity contribution in [3.63, 3.8) is 0 Å². The number of rotatable bonds is 5. The molecule has 2 aromatic heterocycles. The summed E-state index contributed by atoms with van der Waals surface area (Å²) in [6.07, 6.45) is 1.82. The fourth-order valence-corrected chi connectivity index (χ4v) is 5.52. The minimum Gasteiger partial charge on any atom is -0.235 e. The number of hydrogen-bond donors (Lipinski definition) is 0. The molecule has 9 heteroatoms. The number of aromatic nitrogens is 3.